The maximum atomic E-state index is 5.59. The van der Waals surface area contributed by atoms with E-state index in [1.54, 1.807) is 6.26 Å². The Morgan fingerprint density at radius 1 is 1.35 bits per heavy atom. The van der Waals surface area contributed by atoms with E-state index in [4.69, 9.17) is 9.15 Å². The topological polar surface area (TPSA) is 62.0 Å². The van der Waals surface area contributed by atoms with Gasteiger partial charge in [0.1, 0.15) is 12.4 Å². The smallest absolute Gasteiger partial charge is 0.191 e. The molecule has 6 nitrogen and oxygen atoms in total. The monoisotopic (exact) mass is 376 g/mol. The Morgan fingerprint density at radius 2 is 2.23 bits per heavy atom. The van der Waals surface area contributed by atoms with Crippen molar-refractivity contribution in [1.82, 2.24) is 10.6 Å². The molecule has 0 aromatic carbocycles. The van der Waals surface area contributed by atoms with Crippen LogP contribution in [0.4, 0.5) is 5.00 Å². The molecular weight excluding hydrogens is 348 g/mol. The predicted molar refractivity (Wildman–Crippen MR) is 107 cm³/mol. The van der Waals surface area contributed by atoms with Gasteiger partial charge in [-0.2, -0.15) is 0 Å². The standard InChI is InChI=1S/C19H28N4O2S/c1-20-19(21-9-4-12-24-15-17-5-2-13-25-17)22-16-7-10-23(11-8-16)18-6-3-14-26-18/h2-3,5-6,13-14,16H,4,7-12,15H2,1H3,(H2,20,21,22). The minimum atomic E-state index is 0.479. The van der Waals surface area contributed by atoms with Crippen LogP contribution in [0.25, 0.3) is 0 Å². The number of guanidine groups is 1. The van der Waals surface area contributed by atoms with Gasteiger partial charge in [0.05, 0.1) is 11.3 Å². The largest absolute Gasteiger partial charge is 0.467 e. The summed E-state index contributed by atoms with van der Waals surface area (Å²) in [4.78, 5) is 6.80. The van der Waals surface area contributed by atoms with Crippen LogP contribution in [0.1, 0.15) is 25.0 Å². The van der Waals surface area contributed by atoms with Gasteiger partial charge >= 0.3 is 0 Å². The first kappa shape index (κ1) is 18.8. The summed E-state index contributed by atoms with van der Waals surface area (Å²) in [6.45, 7) is 4.25. The molecule has 0 unspecified atom stereocenters. The van der Waals surface area contributed by atoms with Gasteiger partial charge in [0, 0.05) is 39.3 Å². The van der Waals surface area contributed by atoms with Gasteiger partial charge in [0.15, 0.2) is 5.96 Å². The molecule has 3 heterocycles. The Morgan fingerprint density at radius 3 is 2.92 bits per heavy atom. The van der Waals surface area contributed by atoms with Crippen molar-refractivity contribution in [3.8, 4) is 0 Å². The molecule has 26 heavy (non-hydrogen) atoms. The van der Waals surface area contributed by atoms with Crippen LogP contribution >= 0.6 is 11.3 Å². The molecule has 0 atom stereocenters. The second-order valence-corrected chi connectivity index (χ2v) is 7.27. The number of ether oxygens (including phenoxy) is 1. The minimum Gasteiger partial charge on any atom is -0.467 e. The van der Waals surface area contributed by atoms with E-state index in [9.17, 15) is 0 Å². The van der Waals surface area contributed by atoms with Gasteiger partial charge in [-0.15, -0.1) is 11.3 Å². The molecule has 0 spiro atoms. The van der Waals surface area contributed by atoms with E-state index < -0.39 is 0 Å². The summed E-state index contributed by atoms with van der Waals surface area (Å²) in [5.41, 5.74) is 0. The summed E-state index contributed by atoms with van der Waals surface area (Å²) in [5, 5.41) is 10.4. The average Bonchev–Trinajstić information content (AvgIpc) is 3.38. The molecular formula is C19H28N4O2S. The number of hydrogen-bond donors (Lipinski definition) is 2. The van der Waals surface area contributed by atoms with E-state index in [0.717, 1.165) is 50.6 Å². The van der Waals surface area contributed by atoms with Crippen molar-refractivity contribution in [2.75, 3.05) is 38.2 Å². The lowest BCUT2D eigenvalue weighted by atomic mass is 10.1. The Balaban J connectivity index is 1.27. The zero-order chi connectivity index (χ0) is 18.0. The predicted octanol–water partition coefficient (Wildman–Crippen LogP) is 3.08. The molecule has 1 aliphatic heterocycles. The third-order valence-corrected chi connectivity index (χ3v) is 5.39. The molecule has 3 rings (SSSR count). The zero-order valence-corrected chi connectivity index (χ0v) is 16.1. The van der Waals surface area contributed by atoms with Crippen molar-refractivity contribution >= 4 is 22.3 Å². The fraction of sp³-hybridized carbons (Fsp3) is 0.526. The van der Waals surface area contributed by atoms with Gasteiger partial charge in [0.2, 0.25) is 0 Å². The lowest BCUT2D eigenvalue weighted by molar-refractivity contribution is 0.105. The molecule has 2 aromatic heterocycles. The molecule has 0 amide bonds. The molecule has 0 saturated carbocycles. The van der Waals surface area contributed by atoms with Gasteiger partial charge in [-0.1, -0.05) is 0 Å². The van der Waals surface area contributed by atoms with Crippen LogP contribution in [-0.4, -0.2) is 45.3 Å². The molecule has 1 fully saturated rings. The van der Waals surface area contributed by atoms with E-state index >= 15 is 0 Å². The van der Waals surface area contributed by atoms with Crippen molar-refractivity contribution in [1.29, 1.82) is 0 Å². The van der Waals surface area contributed by atoms with Gasteiger partial charge in [-0.05, 0) is 48.9 Å². The van der Waals surface area contributed by atoms with Gasteiger partial charge in [0.25, 0.3) is 0 Å². The lowest BCUT2D eigenvalue weighted by Gasteiger charge is -2.33. The molecule has 0 aliphatic carbocycles. The van der Waals surface area contributed by atoms with Crippen molar-refractivity contribution in [2.24, 2.45) is 4.99 Å². The van der Waals surface area contributed by atoms with Crippen LogP contribution in [0.2, 0.25) is 0 Å². The summed E-state index contributed by atoms with van der Waals surface area (Å²) < 4.78 is 10.8. The third-order valence-electron chi connectivity index (χ3n) is 4.46. The molecule has 0 radical (unpaired) electrons. The highest BCUT2D eigenvalue weighted by atomic mass is 32.1. The van der Waals surface area contributed by atoms with E-state index in [2.05, 4.69) is 38.0 Å². The quantitative estimate of drug-likeness (QED) is 0.421. The average molecular weight is 377 g/mol. The number of piperidine rings is 1. The van der Waals surface area contributed by atoms with Gasteiger partial charge in [-0.3, -0.25) is 4.99 Å². The normalized spacial score (nSPS) is 16.0. The first-order valence-corrected chi connectivity index (χ1v) is 10.1. The number of anilines is 1. The number of hydrogen-bond acceptors (Lipinski definition) is 5. The Hall–Kier alpha value is -1.99. The van der Waals surface area contributed by atoms with Crippen LogP contribution < -0.4 is 15.5 Å². The van der Waals surface area contributed by atoms with Gasteiger partial charge < -0.3 is 24.7 Å². The minimum absolute atomic E-state index is 0.479. The van der Waals surface area contributed by atoms with E-state index in [-0.39, 0.29) is 0 Å². The number of nitrogens with zero attached hydrogens (tertiary/aromatic N) is 2. The van der Waals surface area contributed by atoms with Crippen molar-refractivity contribution in [3.05, 3.63) is 41.7 Å². The highest BCUT2D eigenvalue weighted by Gasteiger charge is 2.20. The molecule has 2 aromatic rings. The van der Waals surface area contributed by atoms with E-state index in [1.807, 2.05) is 30.5 Å². The highest BCUT2D eigenvalue weighted by molar-refractivity contribution is 7.14. The van der Waals surface area contributed by atoms with E-state index in [0.29, 0.717) is 19.3 Å². The molecule has 142 valence electrons. The molecule has 7 heteroatoms. The Bertz CT molecular complexity index is 635. The van der Waals surface area contributed by atoms with Gasteiger partial charge in [-0.25, -0.2) is 0 Å². The summed E-state index contributed by atoms with van der Waals surface area (Å²) in [6, 6.07) is 8.60. The Kier molecular flexibility index (Phi) is 7.39. The van der Waals surface area contributed by atoms with Crippen LogP contribution in [0.15, 0.2) is 45.3 Å². The number of nitrogens with one attached hydrogen (secondary N) is 2. The second-order valence-electron chi connectivity index (χ2n) is 6.34. The first-order valence-electron chi connectivity index (χ1n) is 9.21. The number of thiophene rings is 1. The molecule has 0 bridgehead atoms. The number of rotatable bonds is 8. The summed E-state index contributed by atoms with van der Waals surface area (Å²) >= 11 is 1.82. The third kappa shape index (κ3) is 5.78. The zero-order valence-electron chi connectivity index (χ0n) is 15.3. The Labute approximate surface area is 159 Å². The number of aliphatic imine (C=N–C) groups is 1. The maximum Gasteiger partial charge on any atom is 0.191 e. The second kappa shape index (κ2) is 10.2. The molecule has 1 saturated heterocycles. The van der Waals surface area contributed by atoms with Crippen LogP contribution in [0.3, 0.4) is 0 Å². The fourth-order valence-corrected chi connectivity index (χ4v) is 3.82. The van der Waals surface area contributed by atoms with E-state index in [1.165, 1.54) is 5.00 Å². The van der Waals surface area contributed by atoms with Crippen LogP contribution in [0, 0.1) is 0 Å². The lowest BCUT2D eigenvalue weighted by Crippen LogP contribution is -2.48. The fourth-order valence-electron chi connectivity index (χ4n) is 3.03. The first-order chi connectivity index (χ1) is 12.8. The SMILES string of the molecule is CN=C(NCCCOCc1ccco1)NC1CCN(c2cccs2)CC1. The summed E-state index contributed by atoms with van der Waals surface area (Å²) in [6.07, 6.45) is 4.86. The van der Waals surface area contributed by atoms with Crippen molar-refractivity contribution in [3.63, 3.8) is 0 Å². The highest BCUT2D eigenvalue weighted by Crippen LogP contribution is 2.24. The number of furan rings is 1. The summed E-state index contributed by atoms with van der Waals surface area (Å²) in [7, 11) is 1.82. The van der Waals surface area contributed by atoms with Crippen molar-refractivity contribution < 1.29 is 9.15 Å². The van der Waals surface area contributed by atoms with Crippen LogP contribution in [0.5, 0.6) is 0 Å². The molecule has 1 aliphatic rings. The summed E-state index contributed by atoms with van der Waals surface area (Å²) in [5.74, 6) is 1.75. The van der Waals surface area contributed by atoms with Crippen molar-refractivity contribution in [2.45, 2.75) is 31.9 Å². The molecule has 2 N–H and O–H groups in total. The van der Waals surface area contributed by atoms with Crippen LogP contribution in [-0.2, 0) is 11.3 Å². The maximum absolute atomic E-state index is 5.59.